The van der Waals surface area contributed by atoms with Gasteiger partial charge < -0.3 is 28.8 Å². The smallest absolute Gasteiger partial charge is 0.309 e. The normalized spacial score (nSPS) is 16.1. The lowest BCUT2D eigenvalue weighted by Gasteiger charge is -2.39. The van der Waals surface area contributed by atoms with Crippen LogP contribution in [0, 0.1) is 12.7 Å². The molecule has 248 valence electrons. The molecular formula is C34H41ClFN3O6S. The van der Waals surface area contributed by atoms with Gasteiger partial charge in [0.1, 0.15) is 29.4 Å². The van der Waals surface area contributed by atoms with Crippen LogP contribution in [0.5, 0.6) is 17.2 Å². The number of nitrogens with zero attached hydrogens (tertiary/aromatic N) is 2. The Bertz CT molecular complexity index is 1760. The summed E-state index contributed by atoms with van der Waals surface area (Å²) >= 11 is 7.03. The summed E-state index contributed by atoms with van der Waals surface area (Å²) in [6.45, 7) is 8.51. The van der Waals surface area contributed by atoms with E-state index in [1.165, 1.54) is 19.2 Å². The molecule has 2 heterocycles. The Kier molecular flexibility index (Phi) is 9.65. The lowest BCUT2D eigenvalue weighted by Crippen LogP contribution is -2.52. The third kappa shape index (κ3) is 6.57. The van der Waals surface area contributed by atoms with Crippen LogP contribution in [-0.4, -0.2) is 52.9 Å². The molecule has 12 heteroatoms. The van der Waals surface area contributed by atoms with E-state index in [0.717, 1.165) is 24.8 Å². The SMILES string of the molecule is CCCS(=O)(=O)Oc1c(OC)c(-c2ccc3c(c2COc2cc(F)ccc2C)N(C)C(=O)C(C)(C)N3)cc(Cl)c1N1CCCCC1. The average molecular weight is 674 g/mol. The number of nitrogens with one attached hydrogen (secondary N) is 1. The fourth-order valence-electron chi connectivity index (χ4n) is 6.22. The monoisotopic (exact) mass is 673 g/mol. The maximum absolute atomic E-state index is 14.2. The van der Waals surface area contributed by atoms with Gasteiger partial charge in [-0.3, -0.25) is 4.79 Å². The van der Waals surface area contributed by atoms with Crippen molar-refractivity contribution in [1.29, 1.82) is 0 Å². The molecule has 9 nitrogen and oxygen atoms in total. The Labute approximate surface area is 275 Å². The summed E-state index contributed by atoms with van der Waals surface area (Å²) in [4.78, 5) is 17.1. The number of aryl methyl sites for hydroxylation is 1. The molecule has 0 saturated carbocycles. The van der Waals surface area contributed by atoms with Crippen molar-refractivity contribution in [2.45, 2.75) is 65.5 Å². The summed E-state index contributed by atoms with van der Waals surface area (Å²) in [5.41, 5.74) is 3.21. The van der Waals surface area contributed by atoms with Gasteiger partial charge in [0.25, 0.3) is 5.91 Å². The van der Waals surface area contributed by atoms with Gasteiger partial charge in [-0.1, -0.05) is 30.7 Å². The molecule has 0 atom stereocenters. The number of anilines is 3. The van der Waals surface area contributed by atoms with Crippen molar-refractivity contribution in [3.63, 3.8) is 0 Å². The van der Waals surface area contributed by atoms with Crippen LogP contribution < -0.4 is 28.8 Å². The second kappa shape index (κ2) is 13.2. The largest absolute Gasteiger partial charge is 0.492 e. The zero-order valence-corrected chi connectivity index (χ0v) is 28.7. The minimum absolute atomic E-state index is 0.0228. The van der Waals surface area contributed by atoms with E-state index in [9.17, 15) is 17.6 Å². The Balaban J connectivity index is 1.76. The molecule has 1 fully saturated rings. The van der Waals surface area contributed by atoms with Crippen LogP contribution >= 0.6 is 11.6 Å². The first-order chi connectivity index (χ1) is 21.8. The first-order valence-corrected chi connectivity index (χ1v) is 17.4. The van der Waals surface area contributed by atoms with Crippen molar-refractivity contribution in [3.05, 3.63) is 58.4 Å². The number of likely N-dealkylation sites (N-methyl/N-ethyl adjacent to an activating group) is 1. The van der Waals surface area contributed by atoms with Gasteiger partial charge in [0.15, 0.2) is 5.75 Å². The van der Waals surface area contributed by atoms with Gasteiger partial charge in [0, 0.05) is 37.3 Å². The number of hydrogen-bond donors (Lipinski definition) is 1. The van der Waals surface area contributed by atoms with Gasteiger partial charge in [-0.05, 0) is 75.8 Å². The number of piperidine rings is 1. The molecule has 0 bridgehead atoms. The van der Waals surface area contributed by atoms with E-state index in [0.29, 0.717) is 64.0 Å². The lowest BCUT2D eigenvalue weighted by atomic mass is 9.91. The summed E-state index contributed by atoms with van der Waals surface area (Å²) in [5, 5.41) is 3.63. The fraction of sp³-hybridized carbons (Fsp3) is 0.441. The third-order valence-corrected chi connectivity index (χ3v) is 10.0. The first-order valence-electron chi connectivity index (χ1n) is 15.5. The maximum atomic E-state index is 14.2. The summed E-state index contributed by atoms with van der Waals surface area (Å²) in [5.74, 6) is -0.234. The van der Waals surface area contributed by atoms with Crippen molar-refractivity contribution in [3.8, 4) is 28.4 Å². The maximum Gasteiger partial charge on any atom is 0.309 e. The van der Waals surface area contributed by atoms with Crippen LogP contribution in [0.25, 0.3) is 11.1 Å². The summed E-state index contributed by atoms with van der Waals surface area (Å²) in [7, 11) is -0.842. The minimum Gasteiger partial charge on any atom is -0.492 e. The van der Waals surface area contributed by atoms with E-state index in [2.05, 4.69) is 5.32 Å². The molecule has 0 spiro atoms. The Morgan fingerprint density at radius 1 is 1.02 bits per heavy atom. The molecule has 2 aliphatic heterocycles. The number of carbonyl (C=O) groups is 1. The Morgan fingerprint density at radius 2 is 1.74 bits per heavy atom. The number of ether oxygens (including phenoxy) is 2. The van der Waals surface area contributed by atoms with Gasteiger partial charge in [-0.15, -0.1) is 0 Å². The lowest BCUT2D eigenvalue weighted by molar-refractivity contribution is -0.121. The van der Waals surface area contributed by atoms with Crippen molar-refractivity contribution >= 4 is 44.7 Å². The predicted molar refractivity (Wildman–Crippen MR) is 181 cm³/mol. The van der Waals surface area contributed by atoms with Crippen molar-refractivity contribution in [2.75, 3.05) is 48.1 Å². The van der Waals surface area contributed by atoms with Crippen LogP contribution in [-0.2, 0) is 21.5 Å². The van der Waals surface area contributed by atoms with Gasteiger partial charge >= 0.3 is 10.1 Å². The number of rotatable bonds is 10. The average Bonchev–Trinajstić information content (AvgIpc) is 3.00. The molecule has 3 aromatic carbocycles. The van der Waals surface area contributed by atoms with Gasteiger partial charge in [-0.25, -0.2) is 4.39 Å². The van der Waals surface area contributed by atoms with Crippen molar-refractivity contribution < 1.29 is 31.3 Å². The summed E-state index contributed by atoms with van der Waals surface area (Å²) in [6.07, 6.45) is 3.29. The summed E-state index contributed by atoms with van der Waals surface area (Å²) < 4.78 is 58.5. The van der Waals surface area contributed by atoms with Crippen molar-refractivity contribution in [1.82, 2.24) is 0 Å². The highest BCUT2D eigenvalue weighted by atomic mass is 35.5. The highest BCUT2D eigenvalue weighted by molar-refractivity contribution is 7.87. The van der Waals surface area contributed by atoms with Gasteiger partial charge in [0.05, 0.1) is 29.3 Å². The number of hydrogen-bond acceptors (Lipinski definition) is 8. The van der Waals surface area contributed by atoms with Crippen LogP contribution in [0.3, 0.4) is 0 Å². The number of benzene rings is 3. The number of carbonyl (C=O) groups excluding carboxylic acids is 1. The molecule has 5 rings (SSSR count). The van der Waals surface area contributed by atoms with E-state index in [1.54, 1.807) is 44.9 Å². The fourth-order valence-corrected chi connectivity index (χ4v) is 7.53. The molecule has 1 saturated heterocycles. The first kappa shape index (κ1) is 33.7. The quantitative estimate of drug-likeness (QED) is 0.224. The molecule has 0 aliphatic carbocycles. The van der Waals surface area contributed by atoms with Crippen LogP contribution in [0.1, 0.15) is 57.6 Å². The molecule has 1 N–H and O–H groups in total. The Hall–Kier alpha value is -3.70. The molecule has 2 aliphatic rings. The highest BCUT2D eigenvalue weighted by Crippen LogP contribution is 2.52. The molecular weight excluding hydrogens is 633 g/mol. The second-order valence-electron chi connectivity index (χ2n) is 12.3. The van der Waals surface area contributed by atoms with Crippen LogP contribution in [0.2, 0.25) is 5.02 Å². The molecule has 1 amide bonds. The van der Waals surface area contributed by atoms with E-state index >= 15 is 0 Å². The van der Waals surface area contributed by atoms with Gasteiger partial charge in [0.2, 0.25) is 5.75 Å². The number of halogens is 2. The van der Waals surface area contributed by atoms with E-state index < -0.39 is 21.5 Å². The number of methoxy groups -OCH3 is 1. The van der Waals surface area contributed by atoms with E-state index in [-0.39, 0.29) is 29.8 Å². The molecule has 0 radical (unpaired) electrons. The molecule has 3 aromatic rings. The zero-order chi connectivity index (χ0) is 33.4. The van der Waals surface area contributed by atoms with Crippen LogP contribution in [0.4, 0.5) is 21.5 Å². The third-order valence-electron chi connectivity index (χ3n) is 8.42. The standard InChI is InChI=1S/C34H41ClFN3O6S/c1-7-17-46(41,42)45-32-30(39-15-9-8-10-16-39)26(35)19-24(31(32)43-6)23-13-14-27-29(38(5)33(40)34(3,4)37-27)25(23)20-44-28-18-22(36)12-11-21(28)2/h11-14,18-19,37H,7-10,15-17,20H2,1-6H3. The van der Waals surface area contributed by atoms with Gasteiger partial charge in [-0.2, -0.15) is 8.42 Å². The van der Waals surface area contributed by atoms with E-state index in [1.807, 2.05) is 24.0 Å². The Morgan fingerprint density at radius 3 is 2.41 bits per heavy atom. The zero-order valence-electron chi connectivity index (χ0n) is 27.1. The topological polar surface area (TPSA) is 97.4 Å². The summed E-state index contributed by atoms with van der Waals surface area (Å²) in [6, 6.07) is 9.75. The minimum atomic E-state index is -3.99. The molecule has 0 unspecified atom stereocenters. The second-order valence-corrected chi connectivity index (χ2v) is 14.4. The highest BCUT2D eigenvalue weighted by Gasteiger charge is 2.39. The predicted octanol–water partition coefficient (Wildman–Crippen LogP) is 7.32. The van der Waals surface area contributed by atoms with E-state index in [4.69, 9.17) is 25.3 Å². The van der Waals surface area contributed by atoms with Crippen molar-refractivity contribution in [2.24, 2.45) is 0 Å². The molecule has 46 heavy (non-hydrogen) atoms. The number of amides is 1. The number of fused-ring (bicyclic) bond motifs is 1. The molecule has 0 aromatic heterocycles. The van der Waals surface area contributed by atoms with Crippen LogP contribution in [0.15, 0.2) is 36.4 Å².